The maximum Gasteiger partial charge on any atom is 0.125 e. The van der Waals surface area contributed by atoms with Crippen molar-refractivity contribution in [2.24, 2.45) is 0 Å². The third kappa shape index (κ3) is 2.74. The minimum Gasteiger partial charge on any atom is -0.364 e. The van der Waals surface area contributed by atoms with E-state index in [1.165, 1.54) is 11.3 Å². The highest BCUT2D eigenvalue weighted by molar-refractivity contribution is 5.54. The molecular weight excluding hydrogens is 236 g/mol. The molecule has 2 heterocycles. The smallest absolute Gasteiger partial charge is 0.125 e. The molecule has 19 heavy (non-hydrogen) atoms. The van der Waals surface area contributed by atoms with Crippen LogP contribution in [0.3, 0.4) is 0 Å². The molecule has 1 N–H and O–H groups in total. The molecule has 0 unspecified atom stereocenters. The second-order valence-corrected chi connectivity index (χ2v) is 4.82. The van der Waals surface area contributed by atoms with Crippen molar-refractivity contribution in [3.05, 3.63) is 53.6 Å². The topological polar surface area (TPSA) is 41.1 Å². The summed E-state index contributed by atoms with van der Waals surface area (Å²) in [6, 6.07) is 10.6. The molecule has 4 nitrogen and oxygen atoms in total. The molecule has 0 spiro atoms. The highest BCUT2D eigenvalue weighted by Gasteiger charge is 2.15. The number of rotatable bonds is 2. The lowest BCUT2D eigenvalue weighted by atomic mass is 10.1. The van der Waals surface area contributed by atoms with Crippen molar-refractivity contribution in [2.45, 2.75) is 20.0 Å². The van der Waals surface area contributed by atoms with E-state index in [9.17, 15) is 0 Å². The average Bonchev–Trinajstić information content (AvgIpc) is 2.62. The van der Waals surface area contributed by atoms with Gasteiger partial charge in [0.15, 0.2) is 0 Å². The van der Waals surface area contributed by atoms with Crippen molar-refractivity contribution in [3.63, 3.8) is 0 Å². The molecule has 0 saturated heterocycles. The highest BCUT2D eigenvalue weighted by atomic mass is 15.2. The Balaban J connectivity index is 1.88. The SMILES string of the molecule is Cc1nccc(CN2CCNCc3ccccc32)n1. The van der Waals surface area contributed by atoms with Crippen molar-refractivity contribution < 1.29 is 0 Å². The standard InChI is InChI=1S/C15H18N4/c1-12-17-7-6-14(18-12)11-19-9-8-16-10-13-4-2-3-5-15(13)19/h2-7,16H,8-11H2,1H3. The Bertz CT molecular complexity index is 568. The van der Waals surface area contributed by atoms with E-state index < -0.39 is 0 Å². The van der Waals surface area contributed by atoms with E-state index >= 15 is 0 Å². The van der Waals surface area contributed by atoms with Gasteiger partial charge in [0.05, 0.1) is 12.2 Å². The zero-order valence-corrected chi connectivity index (χ0v) is 11.1. The Morgan fingerprint density at radius 1 is 1.26 bits per heavy atom. The fourth-order valence-electron chi connectivity index (χ4n) is 2.48. The molecule has 0 radical (unpaired) electrons. The van der Waals surface area contributed by atoms with Crippen LogP contribution in [0.15, 0.2) is 36.5 Å². The number of benzene rings is 1. The number of nitrogens with one attached hydrogen (secondary N) is 1. The third-order valence-electron chi connectivity index (χ3n) is 3.39. The van der Waals surface area contributed by atoms with Crippen LogP contribution in [0.25, 0.3) is 0 Å². The first-order valence-corrected chi connectivity index (χ1v) is 6.65. The summed E-state index contributed by atoms with van der Waals surface area (Å²) in [5.41, 5.74) is 3.73. The van der Waals surface area contributed by atoms with Gasteiger partial charge in [0, 0.05) is 31.5 Å². The summed E-state index contributed by atoms with van der Waals surface area (Å²) in [6.45, 7) is 5.71. The summed E-state index contributed by atoms with van der Waals surface area (Å²) in [7, 11) is 0. The van der Waals surface area contributed by atoms with Crippen molar-refractivity contribution in [1.82, 2.24) is 15.3 Å². The molecule has 1 aliphatic heterocycles. The molecule has 1 aliphatic rings. The molecule has 0 bridgehead atoms. The van der Waals surface area contributed by atoms with Crippen molar-refractivity contribution in [1.29, 1.82) is 0 Å². The van der Waals surface area contributed by atoms with Gasteiger partial charge in [-0.15, -0.1) is 0 Å². The molecule has 2 aromatic rings. The first kappa shape index (κ1) is 12.1. The molecule has 3 rings (SSSR count). The second-order valence-electron chi connectivity index (χ2n) is 4.82. The van der Waals surface area contributed by atoms with Gasteiger partial charge in [0.1, 0.15) is 5.82 Å². The van der Waals surface area contributed by atoms with Crippen LogP contribution in [0, 0.1) is 6.92 Å². The maximum absolute atomic E-state index is 4.50. The van der Waals surface area contributed by atoms with Crippen molar-refractivity contribution >= 4 is 5.69 Å². The van der Waals surface area contributed by atoms with Gasteiger partial charge >= 0.3 is 0 Å². The summed E-state index contributed by atoms with van der Waals surface area (Å²) >= 11 is 0. The van der Waals surface area contributed by atoms with E-state index in [-0.39, 0.29) is 0 Å². The predicted octanol–water partition coefficient (Wildman–Crippen LogP) is 1.89. The van der Waals surface area contributed by atoms with E-state index in [1.54, 1.807) is 0 Å². The number of aryl methyl sites for hydroxylation is 1. The number of anilines is 1. The minimum absolute atomic E-state index is 0.832. The Kier molecular flexibility index (Phi) is 3.42. The zero-order chi connectivity index (χ0) is 13.1. The summed E-state index contributed by atoms with van der Waals surface area (Å²) in [4.78, 5) is 11.0. The van der Waals surface area contributed by atoms with Gasteiger partial charge in [-0.1, -0.05) is 18.2 Å². The van der Waals surface area contributed by atoms with Crippen LogP contribution < -0.4 is 10.2 Å². The largest absolute Gasteiger partial charge is 0.364 e. The molecule has 0 saturated carbocycles. The van der Waals surface area contributed by atoms with Crippen LogP contribution in [-0.4, -0.2) is 23.1 Å². The van der Waals surface area contributed by atoms with E-state index in [4.69, 9.17) is 0 Å². The van der Waals surface area contributed by atoms with Gasteiger partial charge < -0.3 is 10.2 Å². The molecule has 1 aromatic heterocycles. The van der Waals surface area contributed by atoms with Gasteiger partial charge in [-0.05, 0) is 24.6 Å². The third-order valence-corrected chi connectivity index (χ3v) is 3.39. The quantitative estimate of drug-likeness (QED) is 0.888. The number of hydrogen-bond acceptors (Lipinski definition) is 4. The number of fused-ring (bicyclic) bond motifs is 1. The Morgan fingerprint density at radius 3 is 3.05 bits per heavy atom. The second kappa shape index (κ2) is 5.36. The van der Waals surface area contributed by atoms with Crippen LogP contribution in [0.4, 0.5) is 5.69 Å². The monoisotopic (exact) mass is 254 g/mol. The van der Waals surface area contributed by atoms with Crippen LogP contribution >= 0.6 is 0 Å². The maximum atomic E-state index is 4.50. The normalized spacial score (nSPS) is 14.9. The molecular formula is C15H18N4. The first-order chi connectivity index (χ1) is 9.33. The number of para-hydroxylation sites is 1. The fourth-order valence-corrected chi connectivity index (χ4v) is 2.48. The zero-order valence-electron chi connectivity index (χ0n) is 11.1. The lowest BCUT2D eigenvalue weighted by Gasteiger charge is -2.24. The lowest BCUT2D eigenvalue weighted by Crippen LogP contribution is -2.28. The van der Waals surface area contributed by atoms with Crippen LogP contribution in [0.2, 0.25) is 0 Å². The molecule has 4 heteroatoms. The number of nitrogens with zero attached hydrogens (tertiary/aromatic N) is 3. The van der Waals surface area contributed by atoms with Gasteiger partial charge in [0.25, 0.3) is 0 Å². The van der Waals surface area contributed by atoms with Gasteiger partial charge in [-0.25, -0.2) is 9.97 Å². The number of aromatic nitrogens is 2. The van der Waals surface area contributed by atoms with E-state index in [0.717, 1.165) is 37.7 Å². The molecule has 0 atom stereocenters. The Hall–Kier alpha value is -1.94. The lowest BCUT2D eigenvalue weighted by molar-refractivity contribution is 0.683. The van der Waals surface area contributed by atoms with Gasteiger partial charge in [0.2, 0.25) is 0 Å². The van der Waals surface area contributed by atoms with Crippen molar-refractivity contribution in [3.8, 4) is 0 Å². The Morgan fingerprint density at radius 2 is 2.16 bits per heavy atom. The summed E-state index contributed by atoms with van der Waals surface area (Å²) in [5, 5.41) is 3.46. The molecule has 0 amide bonds. The van der Waals surface area contributed by atoms with Gasteiger partial charge in [-0.3, -0.25) is 0 Å². The number of hydrogen-bond donors (Lipinski definition) is 1. The highest BCUT2D eigenvalue weighted by Crippen LogP contribution is 2.23. The van der Waals surface area contributed by atoms with E-state index in [2.05, 4.69) is 44.5 Å². The van der Waals surface area contributed by atoms with Crippen LogP contribution in [0.1, 0.15) is 17.1 Å². The Labute approximate surface area is 113 Å². The average molecular weight is 254 g/mol. The van der Waals surface area contributed by atoms with Crippen molar-refractivity contribution in [2.75, 3.05) is 18.0 Å². The summed E-state index contributed by atoms with van der Waals surface area (Å²) < 4.78 is 0. The van der Waals surface area contributed by atoms with Crippen LogP contribution in [0.5, 0.6) is 0 Å². The first-order valence-electron chi connectivity index (χ1n) is 6.65. The molecule has 1 aromatic carbocycles. The molecule has 98 valence electrons. The van der Waals surface area contributed by atoms with Gasteiger partial charge in [-0.2, -0.15) is 0 Å². The minimum atomic E-state index is 0.832. The summed E-state index contributed by atoms with van der Waals surface area (Å²) in [6.07, 6.45) is 1.83. The molecule has 0 aliphatic carbocycles. The fraction of sp³-hybridized carbons (Fsp3) is 0.333. The summed E-state index contributed by atoms with van der Waals surface area (Å²) in [5.74, 6) is 0.832. The molecule has 0 fully saturated rings. The predicted molar refractivity (Wildman–Crippen MR) is 76.0 cm³/mol. The van der Waals surface area contributed by atoms with E-state index in [1.807, 2.05) is 19.2 Å². The van der Waals surface area contributed by atoms with Crippen LogP contribution in [-0.2, 0) is 13.1 Å². The van der Waals surface area contributed by atoms with E-state index in [0.29, 0.717) is 0 Å².